The van der Waals surface area contributed by atoms with Crippen LogP contribution in [0.3, 0.4) is 0 Å². The van der Waals surface area contributed by atoms with Crippen LogP contribution in [0.2, 0.25) is 0 Å². The van der Waals surface area contributed by atoms with E-state index in [4.69, 9.17) is 10.5 Å². The van der Waals surface area contributed by atoms with Gasteiger partial charge in [-0.1, -0.05) is 20.3 Å². The van der Waals surface area contributed by atoms with Gasteiger partial charge in [0.15, 0.2) is 0 Å². The zero-order valence-electron chi connectivity index (χ0n) is 10.6. The van der Waals surface area contributed by atoms with Crippen LogP contribution in [-0.2, 0) is 0 Å². The number of nitrogens with zero attached hydrogens (tertiary/aromatic N) is 2. The molecule has 1 heterocycles. The molecule has 1 aliphatic carbocycles. The van der Waals surface area contributed by atoms with Crippen molar-refractivity contribution in [2.45, 2.75) is 58.0 Å². The van der Waals surface area contributed by atoms with Crippen molar-refractivity contribution in [3.05, 3.63) is 11.9 Å². The fourth-order valence-electron chi connectivity index (χ4n) is 2.37. The molecule has 0 unspecified atom stereocenters. The lowest BCUT2D eigenvalue weighted by atomic mass is 9.97. The van der Waals surface area contributed by atoms with Gasteiger partial charge in [-0.2, -0.15) is 0 Å². The Morgan fingerprint density at radius 2 is 1.94 bits per heavy atom. The van der Waals surface area contributed by atoms with E-state index in [0.29, 0.717) is 17.8 Å². The summed E-state index contributed by atoms with van der Waals surface area (Å²) in [6.45, 7) is 4.17. The number of rotatable bonds is 3. The number of hydrogen-bond acceptors (Lipinski definition) is 4. The third-order valence-electron chi connectivity index (χ3n) is 3.29. The molecule has 94 valence electrons. The monoisotopic (exact) mass is 235 g/mol. The second-order valence-corrected chi connectivity index (χ2v) is 5.01. The van der Waals surface area contributed by atoms with Crippen molar-refractivity contribution in [3.8, 4) is 5.88 Å². The number of nitrogen functional groups attached to an aromatic ring is 1. The number of aromatic nitrogens is 2. The van der Waals surface area contributed by atoms with Gasteiger partial charge in [-0.3, -0.25) is 0 Å². The highest BCUT2D eigenvalue weighted by atomic mass is 16.5. The predicted molar refractivity (Wildman–Crippen MR) is 68.0 cm³/mol. The Hall–Kier alpha value is -1.32. The summed E-state index contributed by atoms with van der Waals surface area (Å²) in [5.41, 5.74) is 6.84. The fourth-order valence-corrected chi connectivity index (χ4v) is 2.37. The second-order valence-electron chi connectivity index (χ2n) is 5.01. The van der Waals surface area contributed by atoms with Gasteiger partial charge >= 0.3 is 0 Å². The number of ether oxygens (including phenoxy) is 1. The molecule has 0 spiro atoms. The highest BCUT2D eigenvalue weighted by Gasteiger charge is 2.20. The van der Waals surface area contributed by atoms with Crippen molar-refractivity contribution >= 4 is 5.82 Å². The van der Waals surface area contributed by atoms with E-state index in [1.807, 2.05) is 0 Å². The molecule has 0 bridgehead atoms. The summed E-state index contributed by atoms with van der Waals surface area (Å²) < 4.78 is 6.00. The van der Waals surface area contributed by atoms with Crippen LogP contribution in [0.1, 0.15) is 57.4 Å². The Balaban J connectivity index is 2.16. The molecule has 0 aromatic carbocycles. The smallest absolute Gasteiger partial charge is 0.222 e. The summed E-state index contributed by atoms with van der Waals surface area (Å²) in [6, 6.07) is 0. The SMILES string of the molecule is CC(C)c1c(N)ncnc1OC1CCCCC1. The van der Waals surface area contributed by atoms with Crippen molar-refractivity contribution in [1.29, 1.82) is 0 Å². The maximum Gasteiger partial charge on any atom is 0.222 e. The highest BCUT2D eigenvalue weighted by Crippen LogP contribution is 2.31. The average Bonchev–Trinajstić information content (AvgIpc) is 2.30. The van der Waals surface area contributed by atoms with Crippen molar-refractivity contribution < 1.29 is 4.74 Å². The first-order valence-electron chi connectivity index (χ1n) is 6.45. The minimum Gasteiger partial charge on any atom is -0.474 e. The topological polar surface area (TPSA) is 61.0 Å². The molecule has 1 aliphatic rings. The van der Waals surface area contributed by atoms with Gasteiger partial charge in [0.25, 0.3) is 0 Å². The Kier molecular flexibility index (Phi) is 3.82. The van der Waals surface area contributed by atoms with Crippen LogP contribution in [0, 0.1) is 0 Å². The molecular weight excluding hydrogens is 214 g/mol. The number of hydrogen-bond donors (Lipinski definition) is 1. The molecule has 4 nitrogen and oxygen atoms in total. The van der Waals surface area contributed by atoms with Crippen LogP contribution in [0.25, 0.3) is 0 Å². The quantitative estimate of drug-likeness (QED) is 0.875. The van der Waals surface area contributed by atoms with Crippen LogP contribution in [0.5, 0.6) is 5.88 Å². The summed E-state index contributed by atoms with van der Waals surface area (Å²) >= 11 is 0. The summed E-state index contributed by atoms with van der Waals surface area (Å²) in [5, 5.41) is 0. The molecule has 0 radical (unpaired) electrons. The number of nitrogens with two attached hydrogens (primary N) is 1. The van der Waals surface area contributed by atoms with E-state index in [9.17, 15) is 0 Å². The summed E-state index contributed by atoms with van der Waals surface area (Å²) in [6.07, 6.45) is 7.87. The van der Waals surface area contributed by atoms with Gasteiger partial charge in [0.1, 0.15) is 18.2 Å². The molecule has 0 amide bonds. The van der Waals surface area contributed by atoms with Gasteiger partial charge in [0.05, 0.1) is 5.56 Å². The van der Waals surface area contributed by atoms with Crippen LogP contribution in [0.15, 0.2) is 6.33 Å². The van der Waals surface area contributed by atoms with Crippen molar-refractivity contribution in [2.75, 3.05) is 5.73 Å². The third-order valence-corrected chi connectivity index (χ3v) is 3.29. The first-order chi connectivity index (χ1) is 8.18. The van der Waals surface area contributed by atoms with Gasteiger partial charge in [-0.05, 0) is 31.6 Å². The molecule has 1 aromatic heterocycles. The third kappa shape index (κ3) is 2.87. The molecule has 17 heavy (non-hydrogen) atoms. The highest BCUT2D eigenvalue weighted by molar-refractivity contribution is 5.46. The van der Waals surface area contributed by atoms with E-state index < -0.39 is 0 Å². The van der Waals surface area contributed by atoms with E-state index >= 15 is 0 Å². The van der Waals surface area contributed by atoms with Crippen molar-refractivity contribution in [1.82, 2.24) is 9.97 Å². The molecule has 1 aromatic rings. The molecule has 0 saturated heterocycles. The molecule has 1 saturated carbocycles. The van der Waals surface area contributed by atoms with E-state index in [1.165, 1.54) is 25.6 Å². The maximum absolute atomic E-state index is 6.00. The van der Waals surface area contributed by atoms with Crippen LogP contribution >= 0.6 is 0 Å². The molecule has 2 N–H and O–H groups in total. The first kappa shape index (κ1) is 12.1. The second kappa shape index (κ2) is 5.34. The fraction of sp³-hybridized carbons (Fsp3) is 0.692. The van der Waals surface area contributed by atoms with E-state index in [1.54, 1.807) is 0 Å². The largest absolute Gasteiger partial charge is 0.474 e. The lowest BCUT2D eigenvalue weighted by Crippen LogP contribution is -2.21. The van der Waals surface area contributed by atoms with Crippen LogP contribution in [0.4, 0.5) is 5.82 Å². The molecular formula is C13H21N3O. The lowest BCUT2D eigenvalue weighted by molar-refractivity contribution is 0.146. The minimum atomic E-state index is 0.287. The molecule has 1 fully saturated rings. The van der Waals surface area contributed by atoms with Crippen LogP contribution < -0.4 is 10.5 Å². The maximum atomic E-state index is 6.00. The molecule has 0 aliphatic heterocycles. The molecule has 2 rings (SSSR count). The number of anilines is 1. The molecule has 4 heteroatoms. The molecule has 0 atom stereocenters. The normalized spacial score (nSPS) is 17.4. The predicted octanol–water partition coefficient (Wildman–Crippen LogP) is 2.89. The standard InChI is InChI=1S/C13H21N3O/c1-9(2)11-12(14)15-8-16-13(11)17-10-6-4-3-5-7-10/h8-10H,3-7H2,1-2H3,(H2,14,15,16). The van der Waals surface area contributed by atoms with Gasteiger partial charge in [-0.25, -0.2) is 9.97 Å². The minimum absolute atomic E-state index is 0.287. The zero-order valence-corrected chi connectivity index (χ0v) is 10.6. The van der Waals surface area contributed by atoms with Crippen molar-refractivity contribution in [2.24, 2.45) is 0 Å². The van der Waals surface area contributed by atoms with E-state index in [2.05, 4.69) is 23.8 Å². The van der Waals surface area contributed by atoms with Crippen LogP contribution in [-0.4, -0.2) is 16.1 Å². The summed E-state index contributed by atoms with van der Waals surface area (Å²) in [5.74, 6) is 1.51. The Morgan fingerprint density at radius 3 is 2.59 bits per heavy atom. The van der Waals surface area contributed by atoms with Gasteiger partial charge in [-0.15, -0.1) is 0 Å². The van der Waals surface area contributed by atoms with E-state index in [0.717, 1.165) is 18.4 Å². The average molecular weight is 235 g/mol. The van der Waals surface area contributed by atoms with Gasteiger partial charge in [0, 0.05) is 0 Å². The summed E-state index contributed by atoms with van der Waals surface area (Å²) in [4.78, 5) is 8.28. The zero-order chi connectivity index (χ0) is 12.3. The van der Waals surface area contributed by atoms with Gasteiger partial charge < -0.3 is 10.5 Å². The lowest BCUT2D eigenvalue weighted by Gasteiger charge is -2.24. The Labute approximate surface area is 103 Å². The van der Waals surface area contributed by atoms with Gasteiger partial charge in [0.2, 0.25) is 5.88 Å². The van der Waals surface area contributed by atoms with E-state index in [-0.39, 0.29) is 5.92 Å². The first-order valence-corrected chi connectivity index (χ1v) is 6.45. The van der Waals surface area contributed by atoms with Crippen molar-refractivity contribution in [3.63, 3.8) is 0 Å². The Bertz CT molecular complexity index is 373. The summed E-state index contributed by atoms with van der Waals surface area (Å²) in [7, 11) is 0. The Morgan fingerprint density at radius 1 is 1.24 bits per heavy atom.